The summed E-state index contributed by atoms with van der Waals surface area (Å²) in [5.74, 6) is 0. The van der Waals surface area contributed by atoms with Crippen molar-refractivity contribution in [3.8, 4) is 0 Å². The fourth-order valence-electron chi connectivity index (χ4n) is 2.70. The number of anilines is 1. The lowest BCUT2D eigenvalue weighted by atomic mass is 10.0. The van der Waals surface area contributed by atoms with Gasteiger partial charge in [0, 0.05) is 0 Å². The Morgan fingerprint density at radius 3 is 1.78 bits per heavy atom. The van der Waals surface area contributed by atoms with Crippen LogP contribution in [0.15, 0.2) is 24.3 Å². The van der Waals surface area contributed by atoms with E-state index in [4.69, 9.17) is 4.55 Å². The molecule has 1 aromatic carbocycles. The summed E-state index contributed by atoms with van der Waals surface area (Å²) in [7, 11) is -4.18. The average Bonchev–Trinajstić information content (AvgIpc) is 2.49. The van der Waals surface area contributed by atoms with E-state index in [1.807, 2.05) is 16.9 Å². The fraction of sp³-hybridized carbons (Fsp3) is 0.667. The highest BCUT2D eigenvalue weighted by Gasteiger charge is 2.03. The van der Waals surface area contributed by atoms with E-state index in [2.05, 4.69) is 6.92 Å². The zero-order chi connectivity index (χ0) is 17.0. The van der Waals surface area contributed by atoms with Crippen molar-refractivity contribution >= 4 is 16.0 Å². The summed E-state index contributed by atoms with van der Waals surface area (Å²) in [6, 6.07) is 7.17. The number of hydrogen-bond acceptors (Lipinski definition) is 2. The van der Waals surface area contributed by atoms with Gasteiger partial charge in [0.1, 0.15) is 0 Å². The molecule has 0 saturated heterocycles. The quantitative estimate of drug-likeness (QED) is 0.375. The third-order valence-corrected chi connectivity index (χ3v) is 4.51. The van der Waals surface area contributed by atoms with Crippen molar-refractivity contribution in [2.45, 2.75) is 77.6 Å². The van der Waals surface area contributed by atoms with Crippen molar-refractivity contribution < 1.29 is 13.0 Å². The molecule has 4 nitrogen and oxygen atoms in total. The first-order valence-electron chi connectivity index (χ1n) is 8.85. The lowest BCUT2D eigenvalue weighted by Gasteiger charge is -2.05. The molecule has 0 aromatic heterocycles. The molecule has 23 heavy (non-hydrogen) atoms. The summed E-state index contributed by atoms with van der Waals surface area (Å²) in [4.78, 5) is 0. The highest BCUT2D eigenvalue weighted by molar-refractivity contribution is 7.87. The van der Waals surface area contributed by atoms with Crippen molar-refractivity contribution in [2.75, 3.05) is 4.72 Å². The molecule has 132 valence electrons. The smallest absolute Gasteiger partial charge is 0.269 e. The molecule has 0 aliphatic heterocycles. The molecule has 2 N–H and O–H groups in total. The fourth-order valence-corrected chi connectivity index (χ4v) is 3.14. The van der Waals surface area contributed by atoms with Crippen LogP contribution in [0.3, 0.4) is 0 Å². The van der Waals surface area contributed by atoms with Gasteiger partial charge in [-0.1, -0.05) is 76.8 Å². The molecule has 0 spiro atoms. The normalized spacial score (nSPS) is 11.6. The van der Waals surface area contributed by atoms with E-state index in [0.717, 1.165) is 6.42 Å². The predicted molar refractivity (Wildman–Crippen MR) is 97.2 cm³/mol. The van der Waals surface area contributed by atoms with E-state index < -0.39 is 10.3 Å². The Morgan fingerprint density at radius 1 is 0.826 bits per heavy atom. The number of hydrogen-bond donors (Lipinski definition) is 2. The molecule has 1 aromatic rings. The van der Waals surface area contributed by atoms with Crippen LogP contribution >= 0.6 is 0 Å². The Labute approximate surface area is 141 Å². The Balaban J connectivity index is 2.05. The molecule has 0 saturated carbocycles. The Hall–Kier alpha value is -1.07. The lowest BCUT2D eigenvalue weighted by molar-refractivity contribution is 0.489. The molecule has 0 amide bonds. The first-order valence-corrected chi connectivity index (χ1v) is 10.3. The highest BCUT2D eigenvalue weighted by atomic mass is 32.2. The van der Waals surface area contributed by atoms with Crippen LogP contribution in [0, 0.1) is 0 Å². The Bertz CT molecular complexity index is 512. The van der Waals surface area contributed by atoms with E-state index in [1.54, 1.807) is 12.1 Å². The van der Waals surface area contributed by atoms with Gasteiger partial charge in [-0.15, -0.1) is 0 Å². The molecule has 1 rings (SSSR count). The van der Waals surface area contributed by atoms with Crippen molar-refractivity contribution in [1.82, 2.24) is 0 Å². The summed E-state index contributed by atoms with van der Waals surface area (Å²) < 4.78 is 32.2. The zero-order valence-electron chi connectivity index (χ0n) is 14.3. The van der Waals surface area contributed by atoms with Gasteiger partial charge < -0.3 is 0 Å². The third kappa shape index (κ3) is 11.2. The number of aryl methyl sites for hydroxylation is 1. The van der Waals surface area contributed by atoms with Crippen LogP contribution in [0.5, 0.6) is 0 Å². The topological polar surface area (TPSA) is 66.4 Å². The Morgan fingerprint density at radius 2 is 1.30 bits per heavy atom. The van der Waals surface area contributed by atoms with Crippen LogP contribution in [0.1, 0.15) is 76.7 Å². The SMILES string of the molecule is CCCCCCCCCCCCc1ccc(NS(=O)(=O)O)cc1. The van der Waals surface area contributed by atoms with Gasteiger partial charge in [0.05, 0.1) is 5.69 Å². The molecule has 0 unspecified atom stereocenters. The van der Waals surface area contributed by atoms with E-state index in [-0.39, 0.29) is 0 Å². The van der Waals surface area contributed by atoms with Gasteiger partial charge in [0.2, 0.25) is 0 Å². The minimum Gasteiger partial charge on any atom is -0.269 e. The lowest BCUT2D eigenvalue weighted by Crippen LogP contribution is -2.10. The minimum atomic E-state index is -4.18. The second kappa shape index (κ2) is 11.5. The van der Waals surface area contributed by atoms with Gasteiger partial charge in [-0.25, -0.2) is 0 Å². The highest BCUT2D eigenvalue weighted by Crippen LogP contribution is 2.15. The number of nitrogens with one attached hydrogen (secondary N) is 1. The zero-order valence-corrected chi connectivity index (χ0v) is 15.1. The molecule has 0 fully saturated rings. The molecule has 0 aliphatic carbocycles. The molecular formula is C18H31NO3S. The van der Waals surface area contributed by atoms with E-state index in [1.165, 1.54) is 69.8 Å². The summed E-state index contributed by atoms with van der Waals surface area (Å²) in [6.45, 7) is 2.25. The number of benzene rings is 1. The predicted octanol–water partition coefficient (Wildman–Crippen LogP) is 5.36. The monoisotopic (exact) mass is 341 g/mol. The van der Waals surface area contributed by atoms with Crippen LogP contribution in [-0.4, -0.2) is 13.0 Å². The van der Waals surface area contributed by atoms with Crippen molar-refractivity contribution in [3.05, 3.63) is 29.8 Å². The van der Waals surface area contributed by atoms with Gasteiger partial charge in [0.15, 0.2) is 0 Å². The summed E-state index contributed by atoms with van der Waals surface area (Å²) in [5, 5.41) is 0. The van der Waals surface area contributed by atoms with Gasteiger partial charge in [-0.3, -0.25) is 9.27 Å². The van der Waals surface area contributed by atoms with Gasteiger partial charge in [0.25, 0.3) is 0 Å². The van der Waals surface area contributed by atoms with Gasteiger partial charge >= 0.3 is 10.3 Å². The maximum atomic E-state index is 10.7. The first-order chi connectivity index (χ1) is 11.0. The molecule has 0 radical (unpaired) electrons. The molecular weight excluding hydrogens is 310 g/mol. The third-order valence-electron chi connectivity index (χ3n) is 4.02. The minimum absolute atomic E-state index is 0.388. The van der Waals surface area contributed by atoms with Crippen molar-refractivity contribution in [3.63, 3.8) is 0 Å². The van der Waals surface area contributed by atoms with Crippen molar-refractivity contribution in [2.24, 2.45) is 0 Å². The molecule has 0 heterocycles. The number of rotatable bonds is 13. The summed E-state index contributed by atoms with van der Waals surface area (Å²) >= 11 is 0. The van der Waals surface area contributed by atoms with Crippen LogP contribution in [-0.2, 0) is 16.7 Å². The van der Waals surface area contributed by atoms with Crippen LogP contribution in [0.2, 0.25) is 0 Å². The van der Waals surface area contributed by atoms with Crippen LogP contribution < -0.4 is 4.72 Å². The molecule has 0 bridgehead atoms. The van der Waals surface area contributed by atoms with Crippen molar-refractivity contribution in [1.29, 1.82) is 0 Å². The largest absolute Gasteiger partial charge is 0.357 e. The van der Waals surface area contributed by atoms with Gasteiger partial charge in [-0.2, -0.15) is 8.42 Å². The summed E-state index contributed by atoms with van der Waals surface area (Å²) in [6.07, 6.45) is 14.3. The summed E-state index contributed by atoms with van der Waals surface area (Å²) in [5.41, 5.74) is 1.59. The van der Waals surface area contributed by atoms with E-state index in [9.17, 15) is 8.42 Å². The van der Waals surface area contributed by atoms with E-state index in [0.29, 0.717) is 5.69 Å². The molecule has 5 heteroatoms. The van der Waals surface area contributed by atoms with Crippen LogP contribution in [0.25, 0.3) is 0 Å². The second-order valence-corrected chi connectivity index (χ2v) is 7.36. The van der Waals surface area contributed by atoms with E-state index >= 15 is 0 Å². The first kappa shape index (κ1) is 20.0. The maximum absolute atomic E-state index is 10.7. The standard InChI is InChI=1S/C18H31NO3S/c1-2-3-4-5-6-7-8-9-10-11-12-17-13-15-18(16-14-17)19-23(20,21)22/h13-16,19H,2-12H2,1H3,(H,20,21,22). The van der Waals surface area contributed by atoms with Gasteiger partial charge in [-0.05, 0) is 30.5 Å². The second-order valence-electron chi connectivity index (χ2n) is 6.21. The number of unbranched alkanes of at least 4 members (excludes halogenated alkanes) is 9. The molecule has 0 aliphatic rings. The van der Waals surface area contributed by atoms with Crippen LogP contribution in [0.4, 0.5) is 5.69 Å². The maximum Gasteiger partial charge on any atom is 0.357 e. The molecule has 0 atom stereocenters. The Kier molecular flexibility index (Phi) is 9.96. The average molecular weight is 342 g/mol.